The molecule has 0 fully saturated rings. The number of furan rings is 1. The fourth-order valence-corrected chi connectivity index (χ4v) is 6.33. The lowest BCUT2D eigenvalue weighted by Crippen LogP contribution is -2.39. The van der Waals surface area contributed by atoms with Crippen molar-refractivity contribution in [3.8, 4) is 11.5 Å². The molecule has 5 aromatic rings. The number of rotatable bonds is 5. The maximum absolute atomic E-state index is 16.3. The predicted octanol–water partition coefficient (Wildman–Crippen LogP) is 8.31. The van der Waals surface area contributed by atoms with Crippen molar-refractivity contribution in [3.05, 3.63) is 131 Å². The molecule has 1 aliphatic heterocycles. The topological polar surface area (TPSA) is 92.0 Å². The molecule has 0 radical (unpaired) electrons. The van der Waals surface area contributed by atoms with Crippen LogP contribution in [0.15, 0.2) is 113 Å². The summed E-state index contributed by atoms with van der Waals surface area (Å²) in [5.41, 5.74) is 2.51. The maximum atomic E-state index is 16.3. The van der Waals surface area contributed by atoms with E-state index < -0.39 is 23.2 Å². The second-order valence-corrected chi connectivity index (χ2v) is 12.3. The van der Waals surface area contributed by atoms with Gasteiger partial charge in [0, 0.05) is 34.7 Å². The van der Waals surface area contributed by atoms with Crippen molar-refractivity contribution < 1.29 is 28.2 Å². The van der Waals surface area contributed by atoms with Gasteiger partial charge in [-0.05, 0) is 53.8 Å². The zero-order valence-corrected chi connectivity index (χ0v) is 24.8. The monoisotopic (exact) mass is 602 g/mol. The van der Waals surface area contributed by atoms with Crippen LogP contribution in [0.4, 0.5) is 15.8 Å². The molecule has 4 aromatic carbocycles. The third kappa shape index (κ3) is 5.22. The van der Waals surface area contributed by atoms with Crippen LogP contribution in [0.3, 0.4) is 0 Å². The number of allylic oxidation sites excluding steroid dienone is 1. The molecule has 1 unspecified atom stereocenters. The lowest BCUT2D eigenvalue weighted by molar-refractivity contribution is -0.118. The van der Waals surface area contributed by atoms with E-state index >= 15 is 4.39 Å². The first-order valence-electron chi connectivity index (χ1n) is 14.8. The molecule has 226 valence electrons. The predicted molar refractivity (Wildman–Crippen MR) is 170 cm³/mol. The van der Waals surface area contributed by atoms with Gasteiger partial charge < -0.3 is 19.6 Å². The van der Waals surface area contributed by atoms with Gasteiger partial charge in [-0.3, -0.25) is 14.5 Å². The maximum Gasteiger partial charge on any atom is 0.294 e. The number of fused-ring (bicyclic) bond motifs is 2. The first kappa shape index (κ1) is 28.4. The number of benzene rings is 4. The van der Waals surface area contributed by atoms with E-state index in [-0.39, 0.29) is 52.8 Å². The average Bonchev–Trinajstić information content (AvgIpc) is 3.39. The highest BCUT2D eigenvalue weighted by molar-refractivity contribution is 6.12. The van der Waals surface area contributed by atoms with Crippen LogP contribution in [-0.2, 0) is 11.4 Å². The molecular formula is C37H31FN2O5. The van der Waals surface area contributed by atoms with Crippen LogP contribution in [0.25, 0.3) is 11.0 Å². The third-order valence-corrected chi connectivity index (χ3v) is 8.38. The van der Waals surface area contributed by atoms with Crippen LogP contribution in [-0.4, -0.2) is 16.8 Å². The van der Waals surface area contributed by atoms with Crippen molar-refractivity contribution in [1.82, 2.24) is 0 Å². The summed E-state index contributed by atoms with van der Waals surface area (Å²) in [6.45, 7) is 4.22. The quantitative estimate of drug-likeness (QED) is 0.197. The summed E-state index contributed by atoms with van der Waals surface area (Å²) >= 11 is 0. The second-order valence-electron chi connectivity index (χ2n) is 12.3. The number of phenols is 1. The van der Waals surface area contributed by atoms with E-state index in [9.17, 15) is 14.7 Å². The molecular weight excluding hydrogens is 571 g/mol. The largest absolute Gasteiger partial charge is 0.506 e. The minimum absolute atomic E-state index is 0.0198. The molecule has 2 heterocycles. The minimum atomic E-state index is -1.16. The summed E-state index contributed by atoms with van der Waals surface area (Å²) in [7, 11) is 0. The molecule has 7 nitrogen and oxygen atoms in total. The number of ether oxygens (including phenoxy) is 1. The molecule has 0 saturated heterocycles. The number of para-hydroxylation sites is 2. The van der Waals surface area contributed by atoms with Crippen LogP contribution in [0, 0.1) is 11.2 Å². The zero-order valence-electron chi connectivity index (χ0n) is 24.8. The highest BCUT2D eigenvalue weighted by Gasteiger charge is 2.45. The number of ketones is 1. The van der Waals surface area contributed by atoms with Crippen molar-refractivity contribution in [2.45, 2.75) is 39.3 Å². The smallest absolute Gasteiger partial charge is 0.294 e. The number of amides is 1. The number of aromatic hydroxyl groups is 1. The SMILES string of the molecule is CC1(C)CC(=O)C2=C(C1)Nc1c(O)cccc1N(C(=O)c1cc3ccccc3o1)C2c1ccc(OCc2ccccc2)cc1F. The van der Waals surface area contributed by atoms with Crippen molar-refractivity contribution >= 4 is 34.0 Å². The summed E-state index contributed by atoms with van der Waals surface area (Å²) in [5, 5.41) is 15.0. The fourth-order valence-electron chi connectivity index (χ4n) is 6.33. The van der Waals surface area contributed by atoms with E-state index in [1.165, 1.54) is 17.0 Å². The summed E-state index contributed by atoms with van der Waals surface area (Å²) in [6.07, 6.45) is 0.657. The molecule has 2 N–H and O–H groups in total. The summed E-state index contributed by atoms with van der Waals surface area (Å²) < 4.78 is 28.2. The van der Waals surface area contributed by atoms with Gasteiger partial charge in [0.25, 0.3) is 5.91 Å². The van der Waals surface area contributed by atoms with Gasteiger partial charge in [0.15, 0.2) is 11.5 Å². The van der Waals surface area contributed by atoms with E-state index in [1.54, 1.807) is 36.4 Å². The Kier molecular flexibility index (Phi) is 6.92. The Morgan fingerprint density at radius 1 is 1.00 bits per heavy atom. The van der Waals surface area contributed by atoms with Crippen LogP contribution in [0.2, 0.25) is 0 Å². The highest BCUT2D eigenvalue weighted by atomic mass is 19.1. The Balaban J connectivity index is 1.40. The first-order valence-corrected chi connectivity index (χ1v) is 14.8. The average molecular weight is 603 g/mol. The molecule has 1 amide bonds. The van der Waals surface area contributed by atoms with Crippen molar-refractivity contribution in [1.29, 1.82) is 0 Å². The normalized spacial score (nSPS) is 17.4. The number of halogens is 1. The molecule has 7 rings (SSSR count). The van der Waals surface area contributed by atoms with Gasteiger partial charge in [-0.1, -0.05) is 68.4 Å². The molecule has 8 heteroatoms. The van der Waals surface area contributed by atoms with Gasteiger partial charge in [0.2, 0.25) is 0 Å². The van der Waals surface area contributed by atoms with Gasteiger partial charge in [-0.25, -0.2) is 4.39 Å². The highest BCUT2D eigenvalue weighted by Crippen LogP contribution is 2.51. The van der Waals surface area contributed by atoms with Crippen molar-refractivity contribution in [3.63, 3.8) is 0 Å². The number of nitrogens with one attached hydrogen (secondary N) is 1. The molecule has 1 aliphatic carbocycles. The Hall–Kier alpha value is -5.37. The van der Waals surface area contributed by atoms with E-state index in [4.69, 9.17) is 9.15 Å². The van der Waals surface area contributed by atoms with Gasteiger partial charge in [0.05, 0.1) is 11.7 Å². The van der Waals surface area contributed by atoms with Gasteiger partial charge in [-0.2, -0.15) is 0 Å². The van der Waals surface area contributed by atoms with Crippen LogP contribution in [0.1, 0.15) is 54.4 Å². The van der Waals surface area contributed by atoms with E-state index in [0.717, 1.165) is 10.9 Å². The number of hydrogen-bond donors (Lipinski definition) is 2. The fraction of sp³-hybridized carbons (Fsp3) is 0.189. The molecule has 0 spiro atoms. The number of hydrogen-bond acceptors (Lipinski definition) is 6. The molecule has 2 aliphatic rings. The Morgan fingerprint density at radius 2 is 1.78 bits per heavy atom. The molecule has 45 heavy (non-hydrogen) atoms. The van der Waals surface area contributed by atoms with E-state index in [0.29, 0.717) is 23.5 Å². The second kappa shape index (κ2) is 11.0. The number of nitrogens with zero attached hydrogens (tertiary/aromatic N) is 1. The number of anilines is 2. The molecule has 0 saturated carbocycles. The lowest BCUT2D eigenvalue weighted by atomic mass is 9.73. The Labute approximate surface area is 259 Å². The Bertz CT molecular complexity index is 1960. The van der Waals surface area contributed by atoms with Gasteiger partial charge >= 0.3 is 0 Å². The van der Waals surface area contributed by atoms with Crippen LogP contribution >= 0.6 is 0 Å². The molecule has 1 aromatic heterocycles. The first-order chi connectivity index (χ1) is 21.7. The van der Waals surface area contributed by atoms with E-state index in [1.807, 2.05) is 62.4 Å². The zero-order chi connectivity index (χ0) is 31.3. The number of carbonyl (C=O) groups excluding carboxylic acids is 2. The van der Waals surface area contributed by atoms with Crippen molar-refractivity contribution in [2.75, 3.05) is 10.2 Å². The third-order valence-electron chi connectivity index (χ3n) is 8.38. The standard InChI is InChI=1S/C37H31FN2O5/c1-37(2)19-27-33(30(42)20-37)35(25-16-15-24(18-26(25)38)44-21-22-9-4-3-5-10-22)40(28-12-8-13-29(41)34(28)39-27)36(43)32-17-23-11-6-7-14-31(23)45-32/h3-18,35,39,41H,19-21H2,1-2H3. The number of carbonyl (C=O) groups is 2. The number of phenolic OH excluding ortho intramolecular Hbond substituents is 1. The number of Topliss-reactive ketones (excluding diaryl/α,β-unsaturated/α-hetero) is 1. The van der Waals surface area contributed by atoms with Gasteiger partial charge in [0.1, 0.15) is 35.2 Å². The Morgan fingerprint density at radius 3 is 2.56 bits per heavy atom. The summed E-state index contributed by atoms with van der Waals surface area (Å²) in [4.78, 5) is 30.0. The van der Waals surface area contributed by atoms with E-state index in [2.05, 4.69) is 5.32 Å². The summed E-state index contributed by atoms with van der Waals surface area (Å²) in [5.74, 6) is -1.21. The van der Waals surface area contributed by atoms with Gasteiger partial charge in [-0.15, -0.1) is 0 Å². The molecule has 1 atom stereocenters. The summed E-state index contributed by atoms with van der Waals surface area (Å²) in [6, 6.07) is 26.5. The van der Waals surface area contributed by atoms with Crippen molar-refractivity contribution in [2.24, 2.45) is 5.41 Å². The molecule has 0 bridgehead atoms. The van der Waals surface area contributed by atoms with Crippen LogP contribution in [0.5, 0.6) is 11.5 Å². The lowest BCUT2D eigenvalue weighted by Gasteiger charge is -2.37. The van der Waals surface area contributed by atoms with Crippen LogP contribution < -0.4 is 15.0 Å². The minimum Gasteiger partial charge on any atom is -0.506 e.